The first kappa shape index (κ1) is 16.8. The quantitative estimate of drug-likeness (QED) is 0.482. The Morgan fingerprint density at radius 2 is 2.04 bits per heavy atom. The summed E-state index contributed by atoms with van der Waals surface area (Å²) in [6, 6.07) is 11.7. The summed E-state index contributed by atoms with van der Waals surface area (Å²) in [5.74, 6) is 2.00. The molecule has 0 saturated carbocycles. The highest BCUT2D eigenvalue weighted by Gasteiger charge is 2.05. The number of ether oxygens (including phenoxy) is 1. The van der Waals surface area contributed by atoms with Crippen molar-refractivity contribution in [2.75, 3.05) is 0 Å². The molecule has 3 rings (SSSR count). The third-order valence-corrected chi connectivity index (χ3v) is 3.78. The van der Waals surface area contributed by atoms with Gasteiger partial charge in [0.25, 0.3) is 0 Å². The summed E-state index contributed by atoms with van der Waals surface area (Å²) in [7, 11) is 1.77. The fraction of sp³-hybridized carbons (Fsp3) is 0.200. The molecular weight excluding hydrogens is 316 g/mol. The number of ketones is 1. The molecule has 0 saturated heterocycles. The van der Waals surface area contributed by atoms with Gasteiger partial charge in [0.2, 0.25) is 0 Å². The Morgan fingerprint density at radius 3 is 2.72 bits per heavy atom. The minimum Gasteiger partial charge on any atom is -0.486 e. The molecule has 0 fully saturated rings. The third-order valence-electron chi connectivity index (χ3n) is 3.78. The maximum absolute atomic E-state index is 12.0. The molecule has 1 aromatic carbocycles. The molecule has 0 spiro atoms. The monoisotopic (exact) mass is 336 g/mol. The van der Waals surface area contributed by atoms with E-state index in [2.05, 4.69) is 24.2 Å². The van der Waals surface area contributed by atoms with Gasteiger partial charge >= 0.3 is 0 Å². The van der Waals surface area contributed by atoms with Crippen molar-refractivity contribution in [3.63, 3.8) is 0 Å². The largest absolute Gasteiger partial charge is 0.486 e. The Kier molecular flexibility index (Phi) is 5.14. The number of benzene rings is 1. The molecule has 128 valence electrons. The van der Waals surface area contributed by atoms with Crippen LogP contribution in [-0.4, -0.2) is 15.6 Å². The van der Waals surface area contributed by atoms with E-state index >= 15 is 0 Å². The molecule has 5 nitrogen and oxygen atoms in total. The van der Waals surface area contributed by atoms with Crippen molar-refractivity contribution in [1.29, 1.82) is 0 Å². The van der Waals surface area contributed by atoms with E-state index in [4.69, 9.17) is 9.15 Å². The van der Waals surface area contributed by atoms with Crippen molar-refractivity contribution in [2.45, 2.75) is 20.0 Å². The molecule has 0 amide bonds. The second-order valence-electron chi connectivity index (χ2n) is 5.69. The van der Waals surface area contributed by atoms with Gasteiger partial charge in [-0.3, -0.25) is 9.48 Å². The highest BCUT2D eigenvalue weighted by Crippen LogP contribution is 2.16. The van der Waals surface area contributed by atoms with Crippen LogP contribution in [0.2, 0.25) is 0 Å². The van der Waals surface area contributed by atoms with E-state index in [9.17, 15) is 4.79 Å². The van der Waals surface area contributed by atoms with Crippen LogP contribution < -0.4 is 4.74 Å². The number of nitrogens with zero attached hydrogens (tertiary/aromatic N) is 2. The zero-order chi connectivity index (χ0) is 17.6. The van der Waals surface area contributed by atoms with Crippen molar-refractivity contribution in [3.05, 3.63) is 77.5 Å². The van der Waals surface area contributed by atoms with Crippen LogP contribution in [0.25, 0.3) is 6.08 Å². The SMILES string of the molecule is CCc1ccc(OCc2ccc(/C=C/C(=O)c3cnn(C)c3)o2)cc1. The van der Waals surface area contributed by atoms with Crippen LogP contribution in [0.3, 0.4) is 0 Å². The predicted octanol–water partition coefficient (Wildman–Crippen LogP) is 4.05. The van der Waals surface area contributed by atoms with Crippen LogP contribution in [-0.2, 0) is 20.1 Å². The summed E-state index contributed by atoms with van der Waals surface area (Å²) >= 11 is 0. The maximum atomic E-state index is 12.0. The molecule has 0 N–H and O–H groups in total. The van der Waals surface area contributed by atoms with Gasteiger partial charge in [0.15, 0.2) is 5.78 Å². The van der Waals surface area contributed by atoms with Gasteiger partial charge < -0.3 is 9.15 Å². The Balaban J connectivity index is 1.56. The summed E-state index contributed by atoms with van der Waals surface area (Å²) < 4.78 is 13.0. The first-order valence-electron chi connectivity index (χ1n) is 8.15. The Morgan fingerprint density at radius 1 is 1.24 bits per heavy atom. The zero-order valence-corrected chi connectivity index (χ0v) is 14.3. The van der Waals surface area contributed by atoms with E-state index in [0.717, 1.165) is 12.2 Å². The third kappa shape index (κ3) is 4.47. The molecule has 0 aliphatic rings. The summed E-state index contributed by atoms with van der Waals surface area (Å²) in [5.41, 5.74) is 1.82. The van der Waals surface area contributed by atoms with Gasteiger partial charge in [-0.05, 0) is 48.4 Å². The molecule has 2 aromatic heterocycles. The smallest absolute Gasteiger partial charge is 0.189 e. The van der Waals surface area contributed by atoms with Crippen molar-refractivity contribution in [2.24, 2.45) is 7.05 Å². The summed E-state index contributed by atoms with van der Waals surface area (Å²) in [5, 5.41) is 3.98. The minimum absolute atomic E-state index is 0.113. The lowest BCUT2D eigenvalue weighted by molar-refractivity contribution is 0.104. The first-order valence-corrected chi connectivity index (χ1v) is 8.15. The van der Waals surface area contributed by atoms with E-state index in [0.29, 0.717) is 23.7 Å². The standard InChI is InChI=1S/C20H20N2O3/c1-3-15-4-6-17(7-5-15)24-14-19-9-8-18(25-19)10-11-20(23)16-12-21-22(2)13-16/h4-13H,3,14H2,1-2H3/b11-10+. The normalized spacial score (nSPS) is 11.1. The Labute approximate surface area is 146 Å². The first-order chi connectivity index (χ1) is 12.1. The fourth-order valence-electron chi connectivity index (χ4n) is 2.34. The van der Waals surface area contributed by atoms with Gasteiger partial charge in [-0.25, -0.2) is 0 Å². The van der Waals surface area contributed by atoms with E-state index in [1.165, 1.54) is 17.8 Å². The number of aromatic nitrogens is 2. The second-order valence-corrected chi connectivity index (χ2v) is 5.69. The van der Waals surface area contributed by atoms with Crippen LogP contribution in [0, 0.1) is 0 Å². The predicted molar refractivity (Wildman–Crippen MR) is 95.4 cm³/mol. The fourth-order valence-corrected chi connectivity index (χ4v) is 2.34. The molecule has 0 radical (unpaired) electrons. The molecule has 0 unspecified atom stereocenters. The topological polar surface area (TPSA) is 57.3 Å². The van der Waals surface area contributed by atoms with Crippen molar-refractivity contribution in [1.82, 2.24) is 9.78 Å². The van der Waals surface area contributed by atoms with Gasteiger partial charge in [0.05, 0.1) is 11.8 Å². The summed E-state index contributed by atoms with van der Waals surface area (Å²) in [6.45, 7) is 2.46. The molecule has 3 aromatic rings. The van der Waals surface area contributed by atoms with Crippen molar-refractivity contribution < 1.29 is 13.9 Å². The lowest BCUT2D eigenvalue weighted by atomic mass is 10.2. The lowest BCUT2D eigenvalue weighted by Gasteiger charge is -2.04. The number of furan rings is 1. The molecule has 2 heterocycles. The van der Waals surface area contributed by atoms with Gasteiger partial charge in [0, 0.05) is 13.2 Å². The van der Waals surface area contributed by atoms with Crippen molar-refractivity contribution in [3.8, 4) is 5.75 Å². The van der Waals surface area contributed by atoms with Crippen LogP contribution >= 0.6 is 0 Å². The number of hydrogen-bond donors (Lipinski definition) is 0. The number of hydrogen-bond acceptors (Lipinski definition) is 4. The molecule has 0 aliphatic carbocycles. The van der Waals surface area contributed by atoms with Crippen molar-refractivity contribution >= 4 is 11.9 Å². The average molecular weight is 336 g/mol. The number of rotatable bonds is 7. The molecule has 25 heavy (non-hydrogen) atoms. The number of carbonyl (C=O) groups is 1. The van der Waals surface area contributed by atoms with Crippen LogP contribution in [0.4, 0.5) is 0 Å². The minimum atomic E-state index is -0.113. The van der Waals surface area contributed by atoms with Gasteiger partial charge in [0.1, 0.15) is 23.9 Å². The molecule has 0 bridgehead atoms. The lowest BCUT2D eigenvalue weighted by Crippen LogP contribution is -1.93. The van der Waals surface area contributed by atoms with E-state index in [1.807, 2.05) is 24.3 Å². The average Bonchev–Trinajstić information content (AvgIpc) is 3.27. The summed E-state index contributed by atoms with van der Waals surface area (Å²) in [6.07, 6.45) is 7.35. The molecular formula is C20H20N2O3. The molecule has 0 atom stereocenters. The van der Waals surface area contributed by atoms with E-state index < -0.39 is 0 Å². The van der Waals surface area contributed by atoms with E-state index in [1.54, 1.807) is 24.0 Å². The van der Waals surface area contributed by atoms with E-state index in [-0.39, 0.29) is 5.78 Å². The number of carbonyl (C=O) groups excluding carboxylic acids is 1. The number of aryl methyl sites for hydroxylation is 2. The Bertz CT molecular complexity index is 872. The van der Waals surface area contributed by atoms with Gasteiger partial charge in [-0.15, -0.1) is 0 Å². The van der Waals surface area contributed by atoms with Crippen LogP contribution in [0.5, 0.6) is 5.75 Å². The number of allylic oxidation sites excluding steroid dienone is 1. The molecule has 5 heteroatoms. The maximum Gasteiger partial charge on any atom is 0.189 e. The zero-order valence-electron chi connectivity index (χ0n) is 14.3. The highest BCUT2D eigenvalue weighted by atomic mass is 16.5. The van der Waals surface area contributed by atoms with Gasteiger partial charge in [-0.1, -0.05) is 19.1 Å². The van der Waals surface area contributed by atoms with Crippen LogP contribution in [0.15, 0.2) is 59.3 Å². The Hall–Kier alpha value is -3.08. The summed E-state index contributed by atoms with van der Waals surface area (Å²) in [4.78, 5) is 12.0. The van der Waals surface area contributed by atoms with Gasteiger partial charge in [-0.2, -0.15) is 5.10 Å². The highest BCUT2D eigenvalue weighted by molar-refractivity contribution is 6.06. The molecule has 0 aliphatic heterocycles. The second kappa shape index (κ2) is 7.66. The van der Waals surface area contributed by atoms with Crippen LogP contribution in [0.1, 0.15) is 34.4 Å².